The lowest BCUT2D eigenvalue weighted by atomic mass is 9.64. The van der Waals surface area contributed by atoms with Crippen LogP contribution in [0, 0.1) is 23.2 Å². The van der Waals surface area contributed by atoms with Gasteiger partial charge in [0.1, 0.15) is 0 Å². The maximum atomic E-state index is 3.56. The predicted octanol–water partition coefficient (Wildman–Crippen LogP) is 4.08. The molecule has 0 amide bonds. The van der Waals surface area contributed by atoms with Crippen LogP contribution in [0.4, 0.5) is 0 Å². The number of hydrogen-bond acceptors (Lipinski definition) is 1. The summed E-state index contributed by atoms with van der Waals surface area (Å²) in [4.78, 5) is 0. The topological polar surface area (TPSA) is 12.0 Å². The van der Waals surface area contributed by atoms with Gasteiger partial charge in [-0.05, 0) is 49.5 Å². The molecule has 0 radical (unpaired) electrons. The molecule has 3 atom stereocenters. The van der Waals surface area contributed by atoms with Crippen LogP contribution in [-0.2, 0) is 0 Å². The molecule has 16 heavy (non-hydrogen) atoms. The van der Waals surface area contributed by atoms with Crippen molar-refractivity contribution in [2.24, 2.45) is 23.2 Å². The quantitative estimate of drug-likeness (QED) is 0.760. The Bertz CT molecular complexity index is 207. The van der Waals surface area contributed by atoms with Crippen LogP contribution < -0.4 is 5.32 Å². The number of rotatable bonds is 4. The molecular weight excluding hydrogens is 194 g/mol. The van der Waals surface area contributed by atoms with E-state index in [0.29, 0.717) is 5.41 Å². The van der Waals surface area contributed by atoms with E-state index in [1.165, 1.54) is 25.7 Å². The van der Waals surface area contributed by atoms with Crippen molar-refractivity contribution in [3.63, 3.8) is 0 Å². The lowest BCUT2D eigenvalue weighted by molar-refractivity contribution is 0.0795. The van der Waals surface area contributed by atoms with E-state index in [2.05, 4.69) is 47.0 Å². The summed E-state index contributed by atoms with van der Waals surface area (Å²) in [6, 6.07) is 0.734. The molecular formula is C15H31N. The molecule has 1 saturated carbocycles. The molecule has 0 saturated heterocycles. The molecule has 0 aliphatic heterocycles. The molecule has 1 aliphatic rings. The van der Waals surface area contributed by atoms with Crippen molar-refractivity contribution < 1.29 is 0 Å². The van der Waals surface area contributed by atoms with E-state index >= 15 is 0 Å². The highest BCUT2D eigenvalue weighted by molar-refractivity contribution is 4.91. The van der Waals surface area contributed by atoms with Gasteiger partial charge in [0, 0.05) is 6.04 Å². The Morgan fingerprint density at radius 3 is 2.38 bits per heavy atom. The third-order valence-electron chi connectivity index (χ3n) is 4.42. The third kappa shape index (κ3) is 3.48. The minimum Gasteiger partial charge on any atom is -0.317 e. The summed E-state index contributed by atoms with van der Waals surface area (Å²) in [6.07, 6.45) is 5.55. The Kier molecular flexibility index (Phi) is 4.85. The van der Waals surface area contributed by atoms with Gasteiger partial charge < -0.3 is 5.32 Å². The molecule has 1 N–H and O–H groups in total. The van der Waals surface area contributed by atoms with Crippen LogP contribution in [0.15, 0.2) is 0 Å². The summed E-state index contributed by atoms with van der Waals surface area (Å²) in [5.41, 5.74) is 0.488. The van der Waals surface area contributed by atoms with Crippen LogP contribution in [0.2, 0.25) is 0 Å². The molecule has 1 aliphatic carbocycles. The van der Waals surface area contributed by atoms with Crippen molar-refractivity contribution in [2.45, 2.75) is 66.3 Å². The maximum absolute atomic E-state index is 3.56. The summed E-state index contributed by atoms with van der Waals surface area (Å²) in [5.74, 6) is 2.58. The fourth-order valence-corrected chi connectivity index (χ4v) is 3.84. The zero-order valence-electron chi connectivity index (χ0n) is 12.1. The van der Waals surface area contributed by atoms with Crippen molar-refractivity contribution >= 4 is 0 Å². The van der Waals surface area contributed by atoms with Crippen molar-refractivity contribution in [3.05, 3.63) is 0 Å². The lowest BCUT2D eigenvalue weighted by Gasteiger charge is -2.45. The first-order valence-corrected chi connectivity index (χ1v) is 7.04. The normalized spacial score (nSPS) is 32.1. The first kappa shape index (κ1) is 14.0. The Balaban J connectivity index is 2.68. The van der Waals surface area contributed by atoms with E-state index in [-0.39, 0.29) is 0 Å². The molecule has 0 heterocycles. The zero-order chi connectivity index (χ0) is 12.3. The molecule has 1 nitrogen and oxygen atoms in total. The molecule has 0 aromatic rings. The SMILES string of the molecule is CNC1CC(C)CCC1C(C)(C)CC(C)C. The smallest absolute Gasteiger partial charge is 0.00999 e. The predicted molar refractivity (Wildman–Crippen MR) is 72.6 cm³/mol. The second-order valence-electron chi connectivity index (χ2n) is 7.01. The van der Waals surface area contributed by atoms with Crippen molar-refractivity contribution in [3.8, 4) is 0 Å². The van der Waals surface area contributed by atoms with Gasteiger partial charge in [0.05, 0.1) is 0 Å². The first-order chi connectivity index (χ1) is 7.36. The van der Waals surface area contributed by atoms with Gasteiger partial charge in [-0.3, -0.25) is 0 Å². The highest BCUT2D eigenvalue weighted by atomic mass is 14.9. The monoisotopic (exact) mass is 225 g/mol. The summed E-state index contributed by atoms with van der Waals surface area (Å²) >= 11 is 0. The zero-order valence-corrected chi connectivity index (χ0v) is 12.1. The fourth-order valence-electron chi connectivity index (χ4n) is 3.84. The molecule has 96 valence electrons. The highest BCUT2D eigenvalue weighted by Gasteiger charge is 2.38. The van der Waals surface area contributed by atoms with E-state index in [0.717, 1.165) is 23.8 Å². The Labute approximate surface area is 102 Å². The van der Waals surface area contributed by atoms with Gasteiger partial charge in [-0.15, -0.1) is 0 Å². The van der Waals surface area contributed by atoms with Crippen molar-refractivity contribution in [2.75, 3.05) is 7.05 Å². The van der Waals surface area contributed by atoms with E-state index in [1.807, 2.05) is 0 Å². The molecule has 1 fully saturated rings. The van der Waals surface area contributed by atoms with Crippen LogP contribution in [0.1, 0.15) is 60.3 Å². The van der Waals surface area contributed by atoms with Gasteiger partial charge in [0.25, 0.3) is 0 Å². The molecule has 1 heteroatoms. The van der Waals surface area contributed by atoms with Gasteiger partial charge in [-0.1, -0.05) is 41.0 Å². The number of nitrogens with one attached hydrogen (secondary N) is 1. The molecule has 0 aromatic heterocycles. The maximum Gasteiger partial charge on any atom is 0.00999 e. The van der Waals surface area contributed by atoms with Gasteiger partial charge >= 0.3 is 0 Å². The molecule has 1 rings (SSSR count). The molecule has 0 aromatic carbocycles. The standard InChI is InChI=1S/C15H31N/c1-11(2)10-15(4,5)13-8-7-12(3)9-14(13)16-6/h11-14,16H,7-10H2,1-6H3. The van der Waals surface area contributed by atoms with Crippen LogP contribution in [0.5, 0.6) is 0 Å². The first-order valence-electron chi connectivity index (χ1n) is 7.04. The van der Waals surface area contributed by atoms with E-state index in [9.17, 15) is 0 Å². The summed E-state index contributed by atoms with van der Waals surface area (Å²) in [5, 5.41) is 3.56. The van der Waals surface area contributed by atoms with Gasteiger partial charge in [-0.2, -0.15) is 0 Å². The van der Waals surface area contributed by atoms with Crippen LogP contribution >= 0.6 is 0 Å². The van der Waals surface area contributed by atoms with Crippen LogP contribution in [0.3, 0.4) is 0 Å². The van der Waals surface area contributed by atoms with E-state index in [4.69, 9.17) is 0 Å². The number of hydrogen-bond donors (Lipinski definition) is 1. The van der Waals surface area contributed by atoms with Gasteiger partial charge in [0.2, 0.25) is 0 Å². The summed E-state index contributed by atoms with van der Waals surface area (Å²) in [7, 11) is 2.14. The van der Waals surface area contributed by atoms with E-state index < -0.39 is 0 Å². The lowest BCUT2D eigenvalue weighted by Crippen LogP contribution is -2.45. The van der Waals surface area contributed by atoms with E-state index in [1.54, 1.807) is 0 Å². The summed E-state index contributed by atoms with van der Waals surface area (Å²) < 4.78 is 0. The third-order valence-corrected chi connectivity index (χ3v) is 4.42. The minimum atomic E-state index is 0.488. The van der Waals surface area contributed by atoms with Crippen LogP contribution in [0.25, 0.3) is 0 Å². The van der Waals surface area contributed by atoms with Gasteiger partial charge in [-0.25, -0.2) is 0 Å². The highest BCUT2D eigenvalue weighted by Crippen LogP contribution is 2.43. The minimum absolute atomic E-state index is 0.488. The Morgan fingerprint density at radius 2 is 1.88 bits per heavy atom. The Hall–Kier alpha value is -0.0400. The fraction of sp³-hybridized carbons (Fsp3) is 1.00. The molecule has 3 unspecified atom stereocenters. The average molecular weight is 225 g/mol. The van der Waals surface area contributed by atoms with Crippen molar-refractivity contribution in [1.29, 1.82) is 0 Å². The Morgan fingerprint density at radius 1 is 1.25 bits per heavy atom. The van der Waals surface area contributed by atoms with Crippen molar-refractivity contribution in [1.82, 2.24) is 5.32 Å². The van der Waals surface area contributed by atoms with Gasteiger partial charge in [0.15, 0.2) is 0 Å². The molecule has 0 bridgehead atoms. The molecule has 0 spiro atoms. The second kappa shape index (κ2) is 5.53. The second-order valence-corrected chi connectivity index (χ2v) is 7.01. The van der Waals surface area contributed by atoms with Crippen LogP contribution in [-0.4, -0.2) is 13.1 Å². The summed E-state index contributed by atoms with van der Waals surface area (Å²) in [6.45, 7) is 12.0. The largest absolute Gasteiger partial charge is 0.317 e. The average Bonchev–Trinajstić information content (AvgIpc) is 2.15.